The molecule has 2 fully saturated rings. The molecule has 0 saturated carbocycles. The van der Waals surface area contributed by atoms with E-state index in [1.807, 2.05) is 58.3 Å². The number of benzene rings is 2. The summed E-state index contributed by atoms with van der Waals surface area (Å²) in [6, 6.07) is 15.0. The molecule has 2 aliphatic heterocycles. The molecule has 2 saturated heterocycles. The second kappa shape index (κ2) is 18.9. The van der Waals surface area contributed by atoms with Crippen molar-refractivity contribution in [2.75, 3.05) is 40.4 Å². The Bertz CT molecular complexity index is 1720. The fourth-order valence-electron chi connectivity index (χ4n) is 4.83. The molecule has 47 heavy (non-hydrogen) atoms. The van der Waals surface area contributed by atoms with Crippen molar-refractivity contribution in [2.24, 2.45) is 0 Å². The average Bonchev–Trinajstić information content (AvgIpc) is 3.81. The Morgan fingerprint density at radius 2 is 1.26 bits per heavy atom. The van der Waals surface area contributed by atoms with E-state index in [1.165, 1.54) is 35.5 Å². The van der Waals surface area contributed by atoms with Gasteiger partial charge in [-0.1, -0.05) is 24.0 Å². The van der Waals surface area contributed by atoms with Crippen LogP contribution in [0.4, 0.5) is 0 Å². The zero-order valence-corrected chi connectivity index (χ0v) is 29.8. The molecule has 0 radical (unpaired) electrons. The second-order valence-electron chi connectivity index (χ2n) is 10.6. The van der Waals surface area contributed by atoms with Crippen LogP contribution in [0.15, 0.2) is 64.8 Å². The van der Waals surface area contributed by atoms with Gasteiger partial charge in [-0.05, 0) is 96.8 Å². The summed E-state index contributed by atoms with van der Waals surface area (Å²) >= 11 is 6.02. The lowest BCUT2D eigenvalue weighted by Crippen LogP contribution is -2.35. The van der Waals surface area contributed by atoms with Crippen LogP contribution in [-0.2, 0) is 0 Å². The second-order valence-corrected chi connectivity index (χ2v) is 13.9. The molecule has 0 atom stereocenters. The summed E-state index contributed by atoms with van der Waals surface area (Å²) in [6.45, 7) is 3.49. The number of thiazole rings is 2. The van der Waals surface area contributed by atoms with Crippen LogP contribution in [0.25, 0.3) is 0 Å². The number of terminal acetylenes is 1. The van der Waals surface area contributed by atoms with Crippen molar-refractivity contribution in [1.82, 2.24) is 19.8 Å². The van der Waals surface area contributed by atoms with E-state index in [2.05, 4.69) is 43.7 Å². The average molecular weight is 734 g/mol. The van der Waals surface area contributed by atoms with Gasteiger partial charge in [0.15, 0.2) is 8.92 Å². The largest absolute Gasteiger partial charge is 0.497 e. The van der Waals surface area contributed by atoms with Crippen molar-refractivity contribution in [1.29, 1.82) is 0 Å². The maximum atomic E-state index is 12.4. The Labute approximate surface area is 293 Å². The maximum Gasteiger partial charge on any atom is 0.265 e. The maximum absolute atomic E-state index is 12.4. The number of methoxy groups -OCH3 is 2. The van der Waals surface area contributed by atoms with E-state index >= 15 is 0 Å². The fraction of sp³-hybridized carbons (Fsp3) is 0.333. The van der Waals surface area contributed by atoms with Gasteiger partial charge in [-0.15, -0.1) is 29.1 Å². The van der Waals surface area contributed by atoms with Crippen LogP contribution >= 0.6 is 38.6 Å². The number of carbonyl (C=O) groups is 2. The van der Waals surface area contributed by atoms with Gasteiger partial charge in [-0.3, -0.25) is 9.59 Å². The molecule has 0 bridgehead atoms. The molecule has 2 aromatic carbocycles. The highest BCUT2D eigenvalue weighted by atomic mass is 79.9. The van der Waals surface area contributed by atoms with E-state index in [9.17, 15) is 9.59 Å². The first-order valence-corrected chi connectivity index (χ1v) is 17.7. The normalized spacial score (nSPS) is 13.7. The van der Waals surface area contributed by atoms with Crippen molar-refractivity contribution in [2.45, 2.75) is 38.5 Å². The summed E-state index contributed by atoms with van der Waals surface area (Å²) < 4.78 is 10.9. The van der Waals surface area contributed by atoms with Gasteiger partial charge in [0.05, 0.1) is 26.6 Å². The summed E-state index contributed by atoms with van der Waals surface area (Å²) in [5.74, 6) is 10.4. The highest BCUT2D eigenvalue weighted by molar-refractivity contribution is 9.11. The standard InChI is InChI=1S/C18H18N2O2S.C9H11BrN2OS.C9H8O/c1-22-15-7-5-6-14(12-15)8-9-17-19-13-16(23-17)18(21)20-10-3-2-4-11-20;10-9-11-6-7(14-9)8(13)12-4-2-1-3-5-12;1-3-8-5-4-6-9(7-8)10-2/h5-7,12-13H,2-4,10-11H2,1H3;6H,1-5H2;1,4-7H,2H3. The predicted molar refractivity (Wildman–Crippen MR) is 191 cm³/mol. The molecule has 2 aromatic heterocycles. The van der Waals surface area contributed by atoms with Crippen molar-refractivity contribution in [3.63, 3.8) is 0 Å². The molecule has 11 heteroatoms. The highest BCUT2D eigenvalue weighted by Crippen LogP contribution is 2.22. The lowest BCUT2D eigenvalue weighted by atomic mass is 10.1. The van der Waals surface area contributed by atoms with E-state index < -0.39 is 0 Å². The molecule has 2 aliphatic rings. The summed E-state index contributed by atoms with van der Waals surface area (Å²) in [5.41, 5.74) is 1.71. The van der Waals surface area contributed by atoms with E-state index in [4.69, 9.17) is 15.9 Å². The molecular weight excluding hydrogens is 696 g/mol. The number of aromatic nitrogens is 2. The van der Waals surface area contributed by atoms with Gasteiger partial charge in [0.2, 0.25) is 0 Å². The van der Waals surface area contributed by atoms with Gasteiger partial charge in [0.25, 0.3) is 11.8 Å². The summed E-state index contributed by atoms with van der Waals surface area (Å²) in [7, 11) is 3.25. The van der Waals surface area contributed by atoms with E-state index in [-0.39, 0.29) is 11.8 Å². The minimum Gasteiger partial charge on any atom is -0.497 e. The number of likely N-dealkylation sites (tertiary alicyclic amines) is 2. The zero-order chi connectivity index (χ0) is 33.4. The first-order valence-electron chi connectivity index (χ1n) is 15.3. The minimum absolute atomic E-state index is 0.0802. The number of carbonyl (C=O) groups excluding carboxylic acids is 2. The van der Waals surface area contributed by atoms with Gasteiger partial charge < -0.3 is 19.3 Å². The molecule has 4 aromatic rings. The SMILES string of the molecule is C#Cc1cccc(OC)c1.COc1cccc(C#Cc2ncc(C(=O)N3CCCCC3)s2)c1.O=C(c1cnc(Br)s1)N1CCCCC1. The van der Waals surface area contributed by atoms with Crippen LogP contribution < -0.4 is 9.47 Å². The number of hydrogen-bond donors (Lipinski definition) is 0. The molecule has 4 heterocycles. The molecule has 2 amide bonds. The molecule has 0 spiro atoms. The van der Waals surface area contributed by atoms with Crippen LogP contribution in [0, 0.1) is 24.2 Å². The van der Waals surface area contributed by atoms with Crippen LogP contribution in [0.5, 0.6) is 11.5 Å². The van der Waals surface area contributed by atoms with Crippen LogP contribution in [0.1, 0.15) is 74.0 Å². The lowest BCUT2D eigenvalue weighted by Gasteiger charge is -2.25. The van der Waals surface area contributed by atoms with E-state index in [0.717, 1.165) is 83.3 Å². The van der Waals surface area contributed by atoms with Crippen molar-refractivity contribution in [3.8, 4) is 35.7 Å². The fourth-order valence-corrected chi connectivity index (χ4v) is 6.80. The molecule has 0 aliphatic carbocycles. The lowest BCUT2D eigenvalue weighted by molar-refractivity contribution is 0.0721. The number of amides is 2. The number of nitrogens with zero attached hydrogens (tertiary/aromatic N) is 4. The van der Waals surface area contributed by atoms with Crippen LogP contribution in [-0.4, -0.2) is 72.0 Å². The monoisotopic (exact) mass is 732 g/mol. The summed E-state index contributed by atoms with van der Waals surface area (Å²) in [4.78, 5) is 37.8. The predicted octanol–water partition coefficient (Wildman–Crippen LogP) is 7.39. The van der Waals surface area contributed by atoms with Crippen LogP contribution in [0.2, 0.25) is 0 Å². The third-order valence-corrected chi connectivity index (χ3v) is 9.68. The molecule has 0 unspecified atom stereocenters. The summed E-state index contributed by atoms with van der Waals surface area (Å²) in [5, 5.41) is 0.660. The quantitative estimate of drug-likeness (QED) is 0.204. The Kier molecular flexibility index (Phi) is 14.3. The Balaban J connectivity index is 0.000000177. The van der Waals surface area contributed by atoms with Gasteiger partial charge in [-0.2, -0.15) is 0 Å². The van der Waals surface area contributed by atoms with Gasteiger partial charge in [-0.25, -0.2) is 9.97 Å². The van der Waals surface area contributed by atoms with E-state index in [0.29, 0.717) is 9.88 Å². The molecule has 0 N–H and O–H groups in total. The summed E-state index contributed by atoms with van der Waals surface area (Å²) in [6.07, 6.45) is 15.3. The number of piperidine rings is 2. The smallest absolute Gasteiger partial charge is 0.265 e. The molecule has 8 nitrogen and oxygen atoms in total. The zero-order valence-electron chi connectivity index (χ0n) is 26.5. The molecule has 6 rings (SSSR count). The first kappa shape index (κ1) is 35.7. The van der Waals surface area contributed by atoms with Gasteiger partial charge in [0, 0.05) is 37.3 Å². The highest BCUT2D eigenvalue weighted by Gasteiger charge is 2.21. The molecule has 244 valence electrons. The van der Waals surface area contributed by atoms with Gasteiger partial charge >= 0.3 is 0 Å². The first-order chi connectivity index (χ1) is 22.9. The number of ether oxygens (including phenoxy) is 2. The number of rotatable bonds is 4. The number of halogens is 1. The Morgan fingerprint density at radius 3 is 1.77 bits per heavy atom. The third-order valence-electron chi connectivity index (χ3n) is 7.31. The third kappa shape index (κ3) is 11.2. The van der Waals surface area contributed by atoms with Gasteiger partial charge in [0.1, 0.15) is 21.3 Å². The van der Waals surface area contributed by atoms with Crippen molar-refractivity contribution in [3.05, 3.63) is 90.7 Å². The van der Waals surface area contributed by atoms with E-state index in [1.54, 1.807) is 26.6 Å². The minimum atomic E-state index is 0.0802. The topological polar surface area (TPSA) is 84.9 Å². The van der Waals surface area contributed by atoms with Crippen molar-refractivity contribution >= 4 is 50.4 Å². The Morgan fingerprint density at radius 1 is 0.745 bits per heavy atom. The van der Waals surface area contributed by atoms with Crippen molar-refractivity contribution < 1.29 is 19.1 Å². The van der Waals surface area contributed by atoms with Crippen LogP contribution in [0.3, 0.4) is 0 Å². The molecular formula is C36H37BrN4O4S2. The number of hydrogen-bond acceptors (Lipinski definition) is 8. The Hall–Kier alpha value is -4.16.